The van der Waals surface area contributed by atoms with Crippen LogP contribution in [-0.4, -0.2) is 69.3 Å². The van der Waals surface area contributed by atoms with Gasteiger partial charge in [-0.05, 0) is 60.4 Å². The average Bonchev–Trinajstić information content (AvgIpc) is 3.03. The molecule has 2 aromatic carbocycles. The topological polar surface area (TPSA) is 109 Å². The second kappa shape index (κ2) is 14.5. The number of nitrogens with zero attached hydrogens (tertiary/aromatic N) is 2. The van der Waals surface area contributed by atoms with Crippen molar-refractivity contribution in [2.24, 2.45) is 0 Å². The Hall–Kier alpha value is -3.55. The van der Waals surface area contributed by atoms with Crippen LogP contribution in [0.15, 0.2) is 71.8 Å². The van der Waals surface area contributed by atoms with E-state index in [0.717, 1.165) is 17.7 Å². The second-order valence-corrected chi connectivity index (χ2v) is 12.8. The summed E-state index contributed by atoms with van der Waals surface area (Å²) in [5, 5.41) is 12.6. The van der Waals surface area contributed by atoms with Crippen molar-refractivity contribution >= 4 is 21.6 Å². The van der Waals surface area contributed by atoms with Crippen molar-refractivity contribution in [1.29, 1.82) is 0 Å². The standard InChI is InChI=1S/C31H35F4N3O5S/c1-2-44(41,42)27-12-6-22(7-13-27)28(19-39)37-30(40)23-8-14-29(36-17-23)38-18-24(5-11-26(38)20-43-16-15-32)21-3-9-25(10-4-21)31(33,34)35/h3-4,6-10,12-14,17,24,26,28,39H,2,5,11,15-16,18-20H2,1H3,(H,37,40)/t24?,26-,28-/m0/s1. The van der Waals surface area contributed by atoms with Gasteiger partial charge in [-0.15, -0.1) is 0 Å². The maximum absolute atomic E-state index is 13.1. The summed E-state index contributed by atoms with van der Waals surface area (Å²) in [6, 6.07) is 13.4. The first-order valence-corrected chi connectivity index (χ1v) is 15.9. The SMILES string of the molecule is CCS(=O)(=O)c1ccc([C@H](CO)NC(=O)c2ccc(N3CC(c4ccc(C(F)(F)F)cc4)CC[C@H]3COCCF)nc2)cc1. The molecule has 3 aromatic rings. The van der Waals surface area contributed by atoms with Crippen molar-refractivity contribution < 1.29 is 40.6 Å². The number of carbonyl (C=O) groups is 1. The van der Waals surface area contributed by atoms with Crippen LogP contribution in [0.4, 0.5) is 23.4 Å². The Balaban J connectivity index is 1.48. The summed E-state index contributed by atoms with van der Waals surface area (Å²) in [5.74, 6) is -0.104. The van der Waals surface area contributed by atoms with Gasteiger partial charge >= 0.3 is 6.18 Å². The number of sulfone groups is 1. The number of pyridine rings is 1. The lowest BCUT2D eigenvalue weighted by atomic mass is 9.87. The smallest absolute Gasteiger partial charge is 0.394 e. The normalized spacial score (nSPS) is 18.2. The molecule has 2 N–H and O–H groups in total. The average molecular weight is 638 g/mol. The number of aliphatic hydroxyl groups is 1. The number of rotatable bonds is 12. The van der Waals surface area contributed by atoms with Crippen molar-refractivity contribution in [1.82, 2.24) is 10.3 Å². The minimum atomic E-state index is -4.42. The van der Waals surface area contributed by atoms with Gasteiger partial charge in [0.1, 0.15) is 12.5 Å². The highest BCUT2D eigenvalue weighted by molar-refractivity contribution is 7.91. The lowest BCUT2D eigenvalue weighted by molar-refractivity contribution is -0.137. The predicted octanol–water partition coefficient (Wildman–Crippen LogP) is 5.10. The number of nitrogens with one attached hydrogen (secondary N) is 1. The quantitative estimate of drug-likeness (QED) is 0.210. The maximum atomic E-state index is 13.1. The van der Waals surface area contributed by atoms with Gasteiger partial charge in [-0.1, -0.05) is 31.2 Å². The molecule has 0 bridgehead atoms. The van der Waals surface area contributed by atoms with Crippen LogP contribution < -0.4 is 10.2 Å². The van der Waals surface area contributed by atoms with Gasteiger partial charge in [-0.3, -0.25) is 4.79 Å². The number of piperidine rings is 1. The largest absolute Gasteiger partial charge is 0.416 e. The van der Waals surface area contributed by atoms with E-state index in [1.165, 1.54) is 30.5 Å². The Morgan fingerprint density at radius 2 is 1.80 bits per heavy atom. The molecular formula is C31H35F4N3O5S. The predicted molar refractivity (Wildman–Crippen MR) is 157 cm³/mol. The minimum Gasteiger partial charge on any atom is -0.394 e. The summed E-state index contributed by atoms with van der Waals surface area (Å²) >= 11 is 0. The number of halogens is 4. The second-order valence-electron chi connectivity index (χ2n) is 10.6. The highest BCUT2D eigenvalue weighted by Gasteiger charge is 2.33. The third-order valence-electron chi connectivity index (χ3n) is 7.76. The molecular weight excluding hydrogens is 602 g/mol. The fraction of sp³-hybridized carbons (Fsp3) is 0.419. The number of hydrogen-bond donors (Lipinski definition) is 2. The van der Waals surface area contributed by atoms with Crippen molar-refractivity contribution in [2.75, 3.05) is 43.7 Å². The molecule has 1 aliphatic rings. The summed E-state index contributed by atoms with van der Waals surface area (Å²) in [4.78, 5) is 19.6. The summed E-state index contributed by atoms with van der Waals surface area (Å²) in [6.07, 6.45) is -1.71. The van der Waals surface area contributed by atoms with E-state index >= 15 is 0 Å². The minimum absolute atomic E-state index is 0.0476. The molecule has 0 radical (unpaired) electrons. The van der Waals surface area contributed by atoms with E-state index in [1.807, 2.05) is 4.90 Å². The van der Waals surface area contributed by atoms with E-state index in [9.17, 15) is 35.9 Å². The molecule has 8 nitrogen and oxygen atoms in total. The van der Waals surface area contributed by atoms with E-state index in [-0.39, 0.29) is 41.4 Å². The number of aliphatic hydroxyl groups excluding tert-OH is 1. The highest BCUT2D eigenvalue weighted by atomic mass is 32.2. The molecule has 13 heteroatoms. The summed E-state index contributed by atoms with van der Waals surface area (Å²) in [5.41, 5.74) is 0.794. The van der Waals surface area contributed by atoms with Crippen LogP contribution in [-0.2, 0) is 20.8 Å². The van der Waals surface area contributed by atoms with Crippen LogP contribution in [0.5, 0.6) is 0 Å². The molecule has 1 fully saturated rings. The number of hydrogen-bond acceptors (Lipinski definition) is 7. The zero-order chi connectivity index (χ0) is 31.9. The number of carbonyl (C=O) groups excluding carboxylic acids is 1. The van der Waals surface area contributed by atoms with Crippen LogP contribution in [0.3, 0.4) is 0 Å². The van der Waals surface area contributed by atoms with Gasteiger partial charge < -0.3 is 20.1 Å². The van der Waals surface area contributed by atoms with Gasteiger partial charge in [0.25, 0.3) is 5.91 Å². The van der Waals surface area contributed by atoms with E-state index in [2.05, 4.69) is 10.3 Å². The molecule has 1 amide bonds. The molecule has 0 saturated carbocycles. The van der Waals surface area contributed by atoms with Gasteiger partial charge in [0, 0.05) is 18.7 Å². The van der Waals surface area contributed by atoms with Crippen LogP contribution in [0, 0.1) is 0 Å². The molecule has 1 aromatic heterocycles. The number of amides is 1. The third kappa shape index (κ3) is 8.13. The van der Waals surface area contributed by atoms with Crippen LogP contribution >= 0.6 is 0 Å². The Bertz CT molecular complexity index is 1480. The first-order valence-electron chi connectivity index (χ1n) is 14.2. The molecule has 0 spiro atoms. The van der Waals surface area contributed by atoms with Gasteiger partial charge in [0.05, 0.1) is 53.7 Å². The first kappa shape index (κ1) is 33.3. The monoisotopic (exact) mass is 637 g/mol. The van der Waals surface area contributed by atoms with Crippen molar-refractivity contribution in [2.45, 2.75) is 48.8 Å². The van der Waals surface area contributed by atoms with Crippen molar-refractivity contribution in [3.63, 3.8) is 0 Å². The Morgan fingerprint density at radius 3 is 2.36 bits per heavy atom. The van der Waals surface area contributed by atoms with E-state index < -0.39 is 46.8 Å². The highest BCUT2D eigenvalue weighted by Crippen LogP contribution is 2.35. The van der Waals surface area contributed by atoms with Crippen LogP contribution in [0.25, 0.3) is 0 Å². The number of ether oxygens (including phenoxy) is 1. The molecule has 44 heavy (non-hydrogen) atoms. The molecule has 3 atom stereocenters. The van der Waals surface area contributed by atoms with E-state index in [1.54, 1.807) is 31.2 Å². The fourth-order valence-corrected chi connectivity index (χ4v) is 6.10. The lowest BCUT2D eigenvalue weighted by Gasteiger charge is -2.40. The first-order chi connectivity index (χ1) is 21.0. The summed E-state index contributed by atoms with van der Waals surface area (Å²) < 4.78 is 81.5. The zero-order valence-corrected chi connectivity index (χ0v) is 25.0. The van der Waals surface area contributed by atoms with Gasteiger partial charge in [0.2, 0.25) is 0 Å². The van der Waals surface area contributed by atoms with Crippen LogP contribution in [0.1, 0.15) is 58.8 Å². The van der Waals surface area contributed by atoms with E-state index in [4.69, 9.17) is 4.74 Å². The number of benzene rings is 2. The van der Waals surface area contributed by atoms with Crippen LogP contribution in [0.2, 0.25) is 0 Å². The summed E-state index contributed by atoms with van der Waals surface area (Å²) in [7, 11) is -3.39. The summed E-state index contributed by atoms with van der Waals surface area (Å²) in [6.45, 7) is 1.12. The molecule has 2 heterocycles. The van der Waals surface area contributed by atoms with E-state index in [0.29, 0.717) is 30.8 Å². The molecule has 0 aliphatic carbocycles. The van der Waals surface area contributed by atoms with Crippen molar-refractivity contribution in [3.05, 3.63) is 89.1 Å². The van der Waals surface area contributed by atoms with Crippen molar-refractivity contribution in [3.8, 4) is 0 Å². The zero-order valence-electron chi connectivity index (χ0n) is 24.1. The Kier molecular flexibility index (Phi) is 11.0. The molecule has 4 rings (SSSR count). The number of alkyl halides is 4. The maximum Gasteiger partial charge on any atom is 0.416 e. The molecule has 238 valence electrons. The molecule has 1 aliphatic heterocycles. The molecule has 1 unspecified atom stereocenters. The Morgan fingerprint density at radius 1 is 1.09 bits per heavy atom. The van der Waals surface area contributed by atoms with Gasteiger partial charge in [-0.25, -0.2) is 17.8 Å². The number of anilines is 1. The Labute approximate surface area is 254 Å². The fourth-order valence-electron chi connectivity index (χ4n) is 5.21. The lowest BCUT2D eigenvalue weighted by Crippen LogP contribution is -2.46. The molecule has 1 saturated heterocycles. The van der Waals surface area contributed by atoms with Gasteiger partial charge in [-0.2, -0.15) is 13.2 Å². The van der Waals surface area contributed by atoms with Gasteiger partial charge in [0.15, 0.2) is 9.84 Å². The number of aromatic nitrogens is 1. The third-order valence-corrected chi connectivity index (χ3v) is 9.51.